The van der Waals surface area contributed by atoms with E-state index in [1.807, 2.05) is 0 Å². The van der Waals surface area contributed by atoms with Gasteiger partial charge in [-0.3, -0.25) is 14.4 Å². The number of hydrogen-bond acceptors (Lipinski definition) is 4. The second kappa shape index (κ2) is 7.84. The van der Waals surface area contributed by atoms with E-state index >= 15 is 0 Å². The molecule has 1 aromatic heterocycles. The molecule has 7 nitrogen and oxygen atoms in total. The van der Waals surface area contributed by atoms with Crippen molar-refractivity contribution in [2.45, 2.75) is 13.3 Å². The van der Waals surface area contributed by atoms with Crippen LogP contribution in [0.15, 0.2) is 34.9 Å². The number of carbonyl (C=O) groups excluding carboxylic acids is 2. The Bertz CT molecular complexity index is 884. The van der Waals surface area contributed by atoms with Crippen molar-refractivity contribution in [3.8, 4) is 0 Å². The molecule has 0 radical (unpaired) electrons. The zero-order chi connectivity index (χ0) is 19.6. The van der Waals surface area contributed by atoms with Crippen molar-refractivity contribution in [1.29, 1.82) is 0 Å². The molecule has 1 saturated heterocycles. The molecule has 0 atom stereocenters. The Morgan fingerprint density at radius 2 is 1.74 bits per heavy atom. The molecule has 0 saturated carbocycles. The van der Waals surface area contributed by atoms with E-state index < -0.39 is 5.97 Å². The number of benzene rings is 1. The summed E-state index contributed by atoms with van der Waals surface area (Å²) >= 11 is 5.94. The Kier molecular flexibility index (Phi) is 5.51. The van der Waals surface area contributed by atoms with Crippen molar-refractivity contribution < 1.29 is 23.9 Å². The summed E-state index contributed by atoms with van der Waals surface area (Å²) in [5.74, 6) is -1.30. The van der Waals surface area contributed by atoms with Crippen LogP contribution in [0.4, 0.5) is 0 Å². The standard InChI is InChI=1S/C19H19ClN2O5/c1-12-11-27-15(10-16(23)24)17(12)19(26)22-7-5-21(6-8-22)18(25)13-3-2-4-14(20)9-13/h2-4,9,11H,5-8,10H2,1H3,(H,23,24). The maximum Gasteiger partial charge on any atom is 0.311 e. The first kappa shape index (κ1) is 19.0. The average Bonchev–Trinajstić information content (AvgIpc) is 3.00. The van der Waals surface area contributed by atoms with Gasteiger partial charge in [0, 0.05) is 42.3 Å². The number of carboxylic acids is 1. The molecule has 1 aliphatic heterocycles. The summed E-state index contributed by atoms with van der Waals surface area (Å²) in [6.07, 6.45) is 1.05. The number of aliphatic carboxylic acids is 1. The normalized spacial score (nSPS) is 14.3. The van der Waals surface area contributed by atoms with Crippen molar-refractivity contribution in [2.75, 3.05) is 26.2 Å². The molecule has 1 aromatic carbocycles. The highest BCUT2D eigenvalue weighted by Crippen LogP contribution is 2.21. The van der Waals surface area contributed by atoms with Crippen molar-refractivity contribution >= 4 is 29.4 Å². The van der Waals surface area contributed by atoms with Crippen LogP contribution in [0.2, 0.25) is 5.02 Å². The van der Waals surface area contributed by atoms with E-state index in [1.54, 1.807) is 41.0 Å². The first-order valence-electron chi connectivity index (χ1n) is 8.49. The van der Waals surface area contributed by atoms with Gasteiger partial charge in [0.2, 0.25) is 0 Å². The number of hydrogen-bond donors (Lipinski definition) is 1. The Morgan fingerprint density at radius 1 is 1.11 bits per heavy atom. The van der Waals surface area contributed by atoms with Gasteiger partial charge in [-0.2, -0.15) is 0 Å². The number of halogens is 1. The van der Waals surface area contributed by atoms with E-state index in [4.69, 9.17) is 21.1 Å². The number of amides is 2. The summed E-state index contributed by atoms with van der Waals surface area (Å²) in [6.45, 7) is 3.22. The van der Waals surface area contributed by atoms with Gasteiger partial charge < -0.3 is 19.3 Å². The van der Waals surface area contributed by atoms with Crippen molar-refractivity contribution in [3.05, 3.63) is 58.0 Å². The highest BCUT2D eigenvalue weighted by molar-refractivity contribution is 6.30. The molecule has 1 N–H and O–H groups in total. The van der Waals surface area contributed by atoms with Crippen LogP contribution in [0.5, 0.6) is 0 Å². The molecule has 2 amide bonds. The maximum absolute atomic E-state index is 12.8. The summed E-state index contributed by atoms with van der Waals surface area (Å²) < 4.78 is 5.24. The van der Waals surface area contributed by atoms with Crippen molar-refractivity contribution in [2.24, 2.45) is 0 Å². The summed E-state index contributed by atoms with van der Waals surface area (Å²) in [7, 11) is 0. The van der Waals surface area contributed by atoms with Crippen LogP contribution in [-0.2, 0) is 11.2 Å². The van der Waals surface area contributed by atoms with Gasteiger partial charge in [-0.25, -0.2) is 0 Å². The molecular weight excluding hydrogens is 372 g/mol. The number of aryl methyl sites for hydroxylation is 1. The first-order chi connectivity index (χ1) is 12.9. The fourth-order valence-electron chi connectivity index (χ4n) is 3.13. The van der Waals surface area contributed by atoms with Gasteiger partial charge in [0.05, 0.1) is 11.8 Å². The van der Waals surface area contributed by atoms with Crippen LogP contribution in [-0.4, -0.2) is 58.9 Å². The Labute approximate surface area is 161 Å². The van der Waals surface area contributed by atoms with Crippen molar-refractivity contribution in [1.82, 2.24) is 9.80 Å². The molecule has 3 rings (SSSR count). The molecular formula is C19H19ClN2O5. The SMILES string of the molecule is Cc1coc(CC(=O)O)c1C(=O)N1CCN(C(=O)c2cccc(Cl)c2)CC1. The van der Waals surface area contributed by atoms with E-state index in [2.05, 4.69) is 0 Å². The molecule has 0 aliphatic carbocycles. The molecule has 1 aliphatic rings. The minimum absolute atomic E-state index is 0.129. The summed E-state index contributed by atoms with van der Waals surface area (Å²) in [6, 6.07) is 6.76. The van der Waals surface area contributed by atoms with Gasteiger partial charge in [-0.1, -0.05) is 17.7 Å². The number of carboxylic acid groups (broad SMARTS) is 1. The molecule has 8 heteroatoms. The van der Waals surface area contributed by atoms with Crippen LogP contribution in [0.3, 0.4) is 0 Å². The number of rotatable bonds is 4. The molecule has 142 valence electrons. The van der Waals surface area contributed by atoms with Gasteiger partial charge in [-0.05, 0) is 25.1 Å². The highest BCUT2D eigenvalue weighted by Gasteiger charge is 2.29. The summed E-state index contributed by atoms with van der Waals surface area (Å²) in [5.41, 5.74) is 1.41. The van der Waals surface area contributed by atoms with Crippen molar-refractivity contribution in [3.63, 3.8) is 0 Å². The van der Waals surface area contributed by atoms with E-state index in [-0.39, 0.29) is 24.0 Å². The molecule has 0 bridgehead atoms. The zero-order valence-corrected chi connectivity index (χ0v) is 15.5. The fourth-order valence-corrected chi connectivity index (χ4v) is 3.32. The van der Waals surface area contributed by atoms with E-state index in [0.29, 0.717) is 47.9 Å². The minimum atomic E-state index is -1.06. The van der Waals surface area contributed by atoms with Gasteiger partial charge in [0.25, 0.3) is 11.8 Å². The second-order valence-electron chi connectivity index (χ2n) is 6.38. The quantitative estimate of drug-likeness (QED) is 0.865. The minimum Gasteiger partial charge on any atom is -0.481 e. The van der Waals surface area contributed by atoms with Crippen LogP contribution in [0, 0.1) is 6.92 Å². The Balaban J connectivity index is 1.67. The third-order valence-corrected chi connectivity index (χ3v) is 4.74. The second-order valence-corrected chi connectivity index (χ2v) is 6.82. The van der Waals surface area contributed by atoms with Gasteiger partial charge >= 0.3 is 5.97 Å². The van der Waals surface area contributed by atoms with Crippen LogP contribution in [0.25, 0.3) is 0 Å². The maximum atomic E-state index is 12.8. The van der Waals surface area contributed by atoms with Crippen LogP contribution < -0.4 is 0 Å². The lowest BCUT2D eigenvalue weighted by Gasteiger charge is -2.35. The largest absolute Gasteiger partial charge is 0.481 e. The molecule has 0 unspecified atom stereocenters. The number of furan rings is 1. The van der Waals surface area contributed by atoms with E-state index in [0.717, 1.165) is 0 Å². The van der Waals surface area contributed by atoms with E-state index in [1.165, 1.54) is 6.26 Å². The van der Waals surface area contributed by atoms with Gasteiger partial charge in [-0.15, -0.1) is 0 Å². The monoisotopic (exact) mass is 390 g/mol. The lowest BCUT2D eigenvalue weighted by atomic mass is 10.1. The Morgan fingerprint density at radius 3 is 2.33 bits per heavy atom. The van der Waals surface area contributed by atoms with Crippen LogP contribution >= 0.6 is 11.6 Å². The first-order valence-corrected chi connectivity index (χ1v) is 8.87. The number of piperazine rings is 1. The summed E-state index contributed by atoms with van der Waals surface area (Å²) in [5, 5.41) is 9.47. The summed E-state index contributed by atoms with van der Waals surface area (Å²) in [4.78, 5) is 39.7. The highest BCUT2D eigenvalue weighted by atomic mass is 35.5. The fraction of sp³-hybridized carbons (Fsp3) is 0.316. The third-order valence-electron chi connectivity index (χ3n) is 4.50. The lowest BCUT2D eigenvalue weighted by Crippen LogP contribution is -2.50. The predicted molar refractivity (Wildman–Crippen MR) is 98.0 cm³/mol. The molecule has 27 heavy (non-hydrogen) atoms. The number of carbonyl (C=O) groups is 3. The third kappa shape index (κ3) is 4.14. The van der Waals surface area contributed by atoms with Crippen LogP contribution in [0.1, 0.15) is 32.0 Å². The molecule has 2 heterocycles. The Hall–Kier alpha value is -2.80. The zero-order valence-electron chi connectivity index (χ0n) is 14.8. The van der Waals surface area contributed by atoms with E-state index in [9.17, 15) is 14.4 Å². The topological polar surface area (TPSA) is 91.1 Å². The van der Waals surface area contributed by atoms with Gasteiger partial charge in [0.1, 0.15) is 12.2 Å². The molecule has 2 aromatic rings. The average molecular weight is 391 g/mol. The smallest absolute Gasteiger partial charge is 0.311 e. The predicted octanol–water partition coefficient (Wildman–Crippen LogP) is 2.47. The van der Waals surface area contributed by atoms with Gasteiger partial charge in [0.15, 0.2) is 0 Å². The lowest BCUT2D eigenvalue weighted by molar-refractivity contribution is -0.136. The molecule has 0 spiro atoms. The number of nitrogens with zero attached hydrogens (tertiary/aromatic N) is 2. The molecule has 1 fully saturated rings.